The fourth-order valence-corrected chi connectivity index (χ4v) is 4.50. The lowest BCUT2D eigenvalue weighted by atomic mass is 10.1. The molecule has 0 unspecified atom stereocenters. The van der Waals surface area contributed by atoms with Crippen LogP contribution >= 0.6 is 0 Å². The van der Waals surface area contributed by atoms with Crippen LogP contribution in [0.3, 0.4) is 0 Å². The number of carbonyl (C=O) groups excluding carboxylic acids is 1. The minimum absolute atomic E-state index is 0.0873. The van der Waals surface area contributed by atoms with Gasteiger partial charge in [0.25, 0.3) is 11.5 Å². The van der Waals surface area contributed by atoms with Gasteiger partial charge in [-0.3, -0.25) is 19.1 Å². The van der Waals surface area contributed by atoms with Gasteiger partial charge in [0, 0.05) is 31.0 Å². The van der Waals surface area contributed by atoms with Gasteiger partial charge in [0.1, 0.15) is 5.82 Å². The number of aromatic nitrogens is 3. The number of carbonyl (C=O) groups is 1. The molecule has 184 valence electrons. The van der Waals surface area contributed by atoms with Crippen molar-refractivity contribution in [2.45, 2.75) is 33.4 Å². The van der Waals surface area contributed by atoms with Gasteiger partial charge in [-0.15, -0.1) is 0 Å². The Morgan fingerprint density at radius 2 is 1.54 bits per heavy atom. The Morgan fingerprint density at radius 1 is 0.838 bits per heavy atom. The van der Waals surface area contributed by atoms with Gasteiger partial charge in [-0.25, -0.2) is 4.98 Å². The number of benzene rings is 3. The van der Waals surface area contributed by atoms with Crippen LogP contribution in [0.15, 0.2) is 102 Å². The predicted molar refractivity (Wildman–Crippen MR) is 146 cm³/mol. The summed E-state index contributed by atoms with van der Waals surface area (Å²) in [5.41, 5.74) is 5.06. The quantitative estimate of drug-likeness (QED) is 0.304. The molecule has 0 radical (unpaired) electrons. The fraction of sp³-hybridized carbons (Fsp3) is 0.161. The Kier molecular flexibility index (Phi) is 6.90. The molecule has 6 heteroatoms. The first-order valence-corrected chi connectivity index (χ1v) is 12.4. The zero-order valence-corrected chi connectivity index (χ0v) is 21.0. The first-order valence-electron chi connectivity index (χ1n) is 12.4. The van der Waals surface area contributed by atoms with E-state index in [-0.39, 0.29) is 11.5 Å². The van der Waals surface area contributed by atoms with Gasteiger partial charge in [-0.1, -0.05) is 49.4 Å². The number of rotatable bonds is 7. The summed E-state index contributed by atoms with van der Waals surface area (Å²) in [5, 5.41) is 0.560. The summed E-state index contributed by atoms with van der Waals surface area (Å²) in [6.45, 7) is 4.86. The average molecular weight is 489 g/mol. The third-order valence-electron chi connectivity index (χ3n) is 6.50. The molecular formula is C31H28N4O2. The number of pyridine rings is 1. The second-order valence-electron chi connectivity index (χ2n) is 9.06. The number of aryl methyl sites for hydroxylation is 2. The Labute approximate surface area is 215 Å². The van der Waals surface area contributed by atoms with E-state index in [1.807, 2.05) is 42.2 Å². The minimum atomic E-state index is -0.129. The van der Waals surface area contributed by atoms with Crippen molar-refractivity contribution in [2.24, 2.45) is 0 Å². The van der Waals surface area contributed by atoms with E-state index in [0.29, 0.717) is 41.1 Å². The zero-order chi connectivity index (χ0) is 25.8. The van der Waals surface area contributed by atoms with E-state index >= 15 is 0 Å². The van der Waals surface area contributed by atoms with Crippen LogP contribution in [0.2, 0.25) is 0 Å². The Bertz CT molecular complexity index is 1590. The number of nitrogens with zero attached hydrogens (tertiary/aromatic N) is 4. The summed E-state index contributed by atoms with van der Waals surface area (Å²) in [6, 6.07) is 26.7. The number of para-hydroxylation sites is 1. The van der Waals surface area contributed by atoms with Crippen LogP contribution in [0, 0.1) is 6.92 Å². The van der Waals surface area contributed by atoms with E-state index in [0.717, 1.165) is 17.5 Å². The molecule has 0 aliphatic heterocycles. The van der Waals surface area contributed by atoms with Crippen molar-refractivity contribution in [1.82, 2.24) is 19.4 Å². The van der Waals surface area contributed by atoms with Crippen molar-refractivity contribution in [3.05, 3.63) is 136 Å². The molecule has 5 rings (SSSR count). The highest BCUT2D eigenvalue weighted by atomic mass is 16.2. The molecule has 0 fully saturated rings. The van der Waals surface area contributed by atoms with Crippen molar-refractivity contribution in [1.29, 1.82) is 0 Å². The lowest BCUT2D eigenvalue weighted by Gasteiger charge is -2.23. The first kappa shape index (κ1) is 24.1. The van der Waals surface area contributed by atoms with Gasteiger partial charge >= 0.3 is 0 Å². The molecule has 37 heavy (non-hydrogen) atoms. The van der Waals surface area contributed by atoms with Crippen LogP contribution in [0.25, 0.3) is 16.6 Å². The molecule has 1 amide bonds. The molecule has 0 spiro atoms. The minimum Gasteiger partial charge on any atom is -0.330 e. The Hall–Kier alpha value is -4.58. The summed E-state index contributed by atoms with van der Waals surface area (Å²) >= 11 is 0. The van der Waals surface area contributed by atoms with E-state index in [1.54, 1.807) is 47.3 Å². The number of fused-ring (bicyclic) bond motifs is 1. The van der Waals surface area contributed by atoms with E-state index in [1.165, 1.54) is 5.56 Å². The lowest BCUT2D eigenvalue weighted by Crippen LogP contribution is -2.30. The fourth-order valence-electron chi connectivity index (χ4n) is 4.50. The van der Waals surface area contributed by atoms with Gasteiger partial charge in [0.15, 0.2) is 0 Å². The lowest BCUT2D eigenvalue weighted by molar-refractivity contribution is 0.0730. The topological polar surface area (TPSA) is 68.1 Å². The van der Waals surface area contributed by atoms with Crippen LogP contribution in [0.5, 0.6) is 0 Å². The number of hydrogen-bond acceptors (Lipinski definition) is 4. The highest BCUT2D eigenvalue weighted by molar-refractivity contribution is 5.94. The predicted octanol–water partition coefficient (Wildman–Crippen LogP) is 5.49. The van der Waals surface area contributed by atoms with E-state index in [4.69, 9.17) is 0 Å². The molecule has 3 aromatic carbocycles. The molecule has 0 saturated heterocycles. The molecule has 0 saturated carbocycles. The van der Waals surface area contributed by atoms with Gasteiger partial charge in [-0.05, 0) is 72.5 Å². The van der Waals surface area contributed by atoms with Crippen LogP contribution in [0.4, 0.5) is 0 Å². The van der Waals surface area contributed by atoms with Gasteiger partial charge in [0.2, 0.25) is 0 Å². The van der Waals surface area contributed by atoms with Crippen LogP contribution < -0.4 is 5.56 Å². The van der Waals surface area contributed by atoms with Crippen LogP contribution in [0.1, 0.15) is 39.8 Å². The van der Waals surface area contributed by atoms with E-state index in [9.17, 15) is 9.59 Å². The standard InChI is InChI=1S/C31H28N4O2/c1-3-23-10-12-24(13-11-23)20-34(21-25-7-6-18-32-19-25)30(36)26-14-16-27(17-15-26)35-22(2)33-29-9-5-4-8-28(29)31(35)37/h4-19H,3,20-21H2,1-2H3. The molecule has 0 bridgehead atoms. The first-order chi connectivity index (χ1) is 18.0. The molecule has 2 aromatic heterocycles. The van der Waals surface area contributed by atoms with E-state index in [2.05, 4.69) is 41.2 Å². The van der Waals surface area contributed by atoms with Gasteiger partial charge in [-0.2, -0.15) is 0 Å². The smallest absolute Gasteiger partial charge is 0.265 e. The second-order valence-corrected chi connectivity index (χ2v) is 9.06. The Morgan fingerprint density at radius 3 is 2.24 bits per heavy atom. The highest BCUT2D eigenvalue weighted by Crippen LogP contribution is 2.18. The third-order valence-corrected chi connectivity index (χ3v) is 6.50. The normalized spacial score (nSPS) is 11.0. The summed E-state index contributed by atoms with van der Waals surface area (Å²) in [7, 11) is 0. The molecule has 0 atom stereocenters. The average Bonchev–Trinajstić information content (AvgIpc) is 2.94. The maximum atomic E-state index is 13.7. The van der Waals surface area contributed by atoms with Crippen molar-refractivity contribution < 1.29 is 4.79 Å². The monoisotopic (exact) mass is 488 g/mol. The van der Waals surface area contributed by atoms with Crippen LogP contribution in [-0.4, -0.2) is 25.3 Å². The molecular weight excluding hydrogens is 460 g/mol. The maximum absolute atomic E-state index is 13.7. The molecule has 2 heterocycles. The Balaban J connectivity index is 1.45. The zero-order valence-electron chi connectivity index (χ0n) is 21.0. The van der Waals surface area contributed by atoms with Gasteiger partial charge in [0.05, 0.1) is 16.6 Å². The number of hydrogen-bond donors (Lipinski definition) is 0. The molecule has 5 aromatic rings. The van der Waals surface area contributed by atoms with Crippen molar-refractivity contribution in [2.75, 3.05) is 0 Å². The molecule has 0 aliphatic carbocycles. The maximum Gasteiger partial charge on any atom is 0.265 e. The summed E-state index contributed by atoms with van der Waals surface area (Å²) in [4.78, 5) is 37.4. The van der Waals surface area contributed by atoms with Crippen molar-refractivity contribution in [3.8, 4) is 5.69 Å². The van der Waals surface area contributed by atoms with E-state index < -0.39 is 0 Å². The van der Waals surface area contributed by atoms with Crippen LogP contribution in [-0.2, 0) is 19.5 Å². The van der Waals surface area contributed by atoms with Gasteiger partial charge < -0.3 is 4.90 Å². The molecule has 6 nitrogen and oxygen atoms in total. The second kappa shape index (κ2) is 10.6. The SMILES string of the molecule is CCc1ccc(CN(Cc2cccnc2)C(=O)c2ccc(-n3c(C)nc4ccccc4c3=O)cc2)cc1. The molecule has 0 aliphatic rings. The summed E-state index contributed by atoms with van der Waals surface area (Å²) < 4.78 is 1.58. The summed E-state index contributed by atoms with van der Waals surface area (Å²) in [6.07, 6.45) is 4.48. The van der Waals surface area contributed by atoms with Crippen molar-refractivity contribution >= 4 is 16.8 Å². The van der Waals surface area contributed by atoms with Crippen molar-refractivity contribution in [3.63, 3.8) is 0 Å². The highest BCUT2D eigenvalue weighted by Gasteiger charge is 2.18. The third kappa shape index (κ3) is 5.19. The molecule has 0 N–H and O–H groups in total. The largest absolute Gasteiger partial charge is 0.330 e. The number of amides is 1. The summed E-state index contributed by atoms with van der Waals surface area (Å²) in [5.74, 6) is 0.507.